The van der Waals surface area contributed by atoms with Crippen LogP contribution in [0.3, 0.4) is 0 Å². The van der Waals surface area contributed by atoms with Crippen LogP contribution >= 0.6 is 0 Å². The lowest BCUT2D eigenvalue weighted by molar-refractivity contribution is -0.140. The number of benzene rings is 3. The van der Waals surface area contributed by atoms with E-state index in [4.69, 9.17) is 14.2 Å². The molecule has 3 rings (SSSR count). The zero-order valence-corrected chi connectivity index (χ0v) is 20.0. The molecule has 3 aromatic carbocycles. The number of hydrogen-bond donors (Lipinski definition) is 0. The van der Waals surface area contributed by atoms with Gasteiger partial charge in [0.05, 0.1) is 5.56 Å². The second kappa shape index (κ2) is 11.8. The fourth-order valence-corrected chi connectivity index (χ4v) is 3.12. The zero-order valence-electron chi connectivity index (χ0n) is 20.0. The van der Waals surface area contributed by atoms with E-state index in [1.807, 2.05) is 36.4 Å². The van der Waals surface area contributed by atoms with E-state index in [9.17, 15) is 18.8 Å². The number of hydrogen-bond acceptors (Lipinski definition) is 6. The van der Waals surface area contributed by atoms with Crippen molar-refractivity contribution >= 4 is 17.9 Å². The molecular weight excluding hydrogens is 463 g/mol. The van der Waals surface area contributed by atoms with Crippen LogP contribution in [0.5, 0.6) is 5.75 Å². The van der Waals surface area contributed by atoms with Gasteiger partial charge in [0.1, 0.15) is 24.8 Å². The predicted molar refractivity (Wildman–Crippen MR) is 134 cm³/mol. The summed E-state index contributed by atoms with van der Waals surface area (Å²) in [5.41, 5.74) is 3.39. The van der Waals surface area contributed by atoms with Crippen LogP contribution < -0.4 is 4.74 Å². The normalized spacial score (nSPS) is 10.3. The predicted octanol–water partition coefficient (Wildman–Crippen LogP) is 5.92. The van der Waals surface area contributed by atoms with E-state index in [1.165, 1.54) is 19.1 Å². The molecular formula is C29H25FO6. The molecule has 0 aliphatic carbocycles. The van der Waals surface area contributed by atoms with Gasteiger partial charge < -0.3 is 14.2 Å². The molecule has 0 heterocycles. The highest BCUT2D eigenvalue weighted by atomic mass is 19.1. The summed E-state index contributed by atoms with van der Waals surface area (Å²) in [6, 6.07) is 18.7. The van der Waals surface area contributed by atoms with Crippen molar-refractivity contribution in [1.29, 1.82) is 0 Å². The number of rotatable bonds is 9. The maximum absolute atomic E-state index is 14.7. The lowest BCUT2D eigenvalue weighted by atomic mass is 9.98. The van der Waals surface area contributed by atoms with Gasteiger partial charge >= 0.3 is 17.9 Å². The summed E-state index contributed by atoms with van der Waals surface area (Å²) in [6.07, 6.45) is 0. The standard InChI is InChI=1S/C29H25FO6/c1-18(2)27(31)34-14-15-35-29(33)25-13-10-23(17-26(25)30)22-7-5-6-21(16-22)20-8-11-24(12-9-20)36-28(32)19(3)4/h5-13,16-17H,1,3,14-15H2,2,4H3. The molecule has 184 valence electrons. The summed E-state index contributed by atoms with van der Waals surface area (Å²) in [4.78, 5) is 35.2. The van der Waals surface area contributed by atoms with Crippen molar-refractivity contribution < 1.29 is 33.0 Å². The van der Waals surface area contributed by atoms with E-state index in [-0.39, 0.29) is 24.4 Å². The first-order chi connectivity index (χ1) is 17.2. The molecule has 0 fully saturated rings. The second-order valence-electron chi connectivity index (χ2n) is 8.02. The molecule has 0 saturated heterocycles. The van der Waals surface area contributed by atoms with Crippen LogP contribution in [0.1, 0.15) is 24.2 Å². The monoisotopic (exact) mass is 488 g/mol. The van der Waals surface area contributed by atoms with E-state index in [0.29, 0.717) is 16.9 Å². The molecule has 0 aliphatic rings. The van der Waals surface area contributed by atoms with E-state index in [1.54, 1.807) is 25.1 Å². The van der Waals surface area contributed by atoms with Gasteiger partial charge in [0.15, 0.2) is 0 Å². The maximum Gasteiger partial charge on any atom is 0.341 e. The summed E-state index contributed by atoms with van der Waals surface area (Å²) in [5, 5.41) is 0. The Bertz CT molecular complexity index is 1320. The Morgan fingerprint density at radius 2 is 1.28 bits per heavy atom. The number of esters is 3. The summed E-state index contributed by atoms with van der Waals surface area (Å²) in [5.74, 6) is -2.27. The van der Waals surface area contributed by atoms with Crippen LogP contribution in [-0.2, 0) is 19.1 Å². The number of carbonyl (C=O) groups is 3. The summed E-state index contributed by atoms with van der Waals surface area (Å²) in [6.45, 7) is 9.73. The number of ether oxygens (including phenoxy) is 3. The number of carbonyl (C=O) groups excluding carboxylic acids is 3. The molecule has 0 N–H and O–H groups in total. The molecule has 7 heteroatoms. The van der Waals surface area contributed by atoms with Crippen molar-refractivity contribution in [2.75, 3.05) is 13.2 Å². The topological polar surface area (TPSA) is 78.9 Å². The van der Waals surface area contributed by atoms with Crippen molar-refractivity contribution in [3.8, 4) is 28.0 Å². The van der Waals surface area contributed by atoms with E-state index >= 15 is 0 Å². The highest BCUT2D eigenvalue weighted by Gasteiger charge is 2.15. The average molecular weight is 489 g/mol. The largest absolute Gasteiger partial charge is 0.459 e. The van der Waals surface area contributed by atoms with Gasteiger partial charge in [-0.3, -0.25) is 0 Å². The smallest absolute Gasteiger partial charge is 0.341 e. The quantitative estimate of drug-likeness (QED) is 0.161. The Morgan fingerprint density at radius 3 is 1.89 bits per heavy atom. The molecule has 0 spiro atoms. The van der Waals surface area contributed by atoms with Gasteiger partial charge in [-0.15, -0.1) is 0 Å². The molecule has 6 nitrogen and oxygen atoms in total. The Labute approximate surface area is 208 Å². The lowest BCUT2D eigenvalue weighted by Crippen LogP contribution is -2.15. The van der Waals surface area contributed by atoms with E-state index in [0.717, 1.165) is 16.7 Å². The summed E-state index contributed by atoms with van der Waals surface area (Å²) < 4.78 is 29.8. The molecule has 0 bridgehead atoms. The molecule has 0 atom stereocenters. The Morgan fingerprint density at radius 1 is 0.722 bits per heavy atom. The third kappa shape index (κ3) is 6.76. The molecule has 0 saturated carbocycles. The van der Waals surface area contributed by atoms with Crippen molar-refractivity contribution in [3.63, 3.8) is 0 Å². The first-order valence-corrected chi connectivity index (χ1v) is 11.0. The van der Waals surface area contributed by atoms with E-state index < -0.39 is 23.7 Å². The second-order valence-corrected chi connectivity index (χ2v) is 8.02. The van der Waals surface area contributed by atoms with Crippen molar-refractivity contribution in [2.45, 2.75) is 13.8 Å². The SMILES string of the molecule is C=C(C)C(=O)OCCOC(=O)c1ccc(-c2cccc(-c3ccc(OC(=O)C(=C)C)cc3)c2)cc1F. The van der Waals surface area contributed by atoms with Gasteiger partial charge in [-0.05, 0) is 66.4 Å². The molecule has 0 amide bonds. The van der Waals surface area contributed by atoms with Crippen LogP contribution in [0.4, 0.5) is 4.39 Å². The highest BCUT2D eigenvalue weighted by Crippen LogP contribution is 2.29. The van der Waals surface area contributed by atoms with Gasteiger partial charge in [0, 0.05) is 11.1 Å². The third-order valence-corrected chi connectivity index (χ3v) is 5.03. The van der Waals surface area contributed by atoms with Crippen LogP contribution in [-0.4, -0.2) is 31.1 Å². The minimum atomic E-state index is -0.855. The maximum atomic E-state index is 14.7. The molecule has 0 aliphatic heterocycles. The number of halogens is 1. The van der Waals surface area contributed by atoms with Gasteiger partial charge in [-0.2, -0.15) is 0 Å². The minimum absolute atomic E-state index is 0.152. The van der Waals surface area contributed by atoms with Crippen LogP contribution in [0.25, 0.3) is 22.3 Å². The van der Waals surface area contributed by atoms with Crippen LogP contribution in [0, 0.1) is 5.82 Å². The summed E-state index contributed by atoms with van der Waals surface area (Å²) in [7, 11) is 0. The Kier molecular flexibility index (Phi) is 8.52. The van der Waals surface area contributed by atoms with Crippen LogP contribution in [0.2, 0.25) is 0 Å². The first-order valence-electron chi connectivity index (χ1n) is 11.0. The van der Waals surface area contributed by atoms with Crippen LogP contribution in [0.15, 0.2) is 91.0 Å². The fourth-order valence-electron chi connectivity index (χ4n) is 3.12. The van der Waals surface area contributed by atoms with Gasteiger partial charge in [0.25, 0.3) is 0 Å². The zero-order chi connectivity index (χ0) is 26.2. The first kappa shape index (κ1) is 26.1. The lowest BCUT2D eigenvalue weighted by Gasteiger charge is -2.10. The van der Waals surface area contributed by atoms with Gasteiger partial charge in [-0.1, -0.05) is 49.6 Å². The molecule has 36 heavy (non-hydrogen) atoms. The molecule has 0 radical (unpaired) electrons. The average Bonchev–Trinajstić information content (AvgIpc) is 2.86. The van der Waals surface area contributed by atoms with Gasteiger partial charge in [-0.25, -0.2) is 18.8 Å². The molecule has 0 aromatic heterocycles. The fraction of sp³-hybridized carbons (Fsp3) is 0.138. The summed E-state index contributed by atoms with van der Waals surface area (Å²) >= 11 is 0. The molecule has 0 unspecified atom stereocenters. The minimum Gasteiger partial charge on any atom is -0.459 e. The van der Waals surface area contributed by atoms with Crippen molar-refractivity contribution in [3.05, 3.63) is 102 Å². The van der Waals surface area contributed by atoms with Gasteiger partial charge in [0.2, 0.25) is 0 Å². The molecule has 3 aromatic rings. The van der Waals surface area contributed by atoms with Crippen molar-refractivity contribution in [1.82, 2.24) is 0 Å². The Balaban J connectivity index is 1.69. The van der Waals surface area contributed by atoms with Crippen molar-refractivity contribution in [2.24, 2.45) is 0 Å². The third-order valence-electron chi connectivity index (χ3n) is 5.03. The highest BCUT2D eigenvalue weighted by molar-refractivity contribution is 5.91. The Hall–Kier alpha value is -4.52. The van der Waals surface area contributed by atoms with E-state index in [2.05, 4.69) is 13.2 Å².